The van der Waals surface area contributed by atoms with E-state index in [1.807, 2.05) is 63.2 Å². The molecule has 0 bridgehead atoms. The fraction of sp³-hybridized carbons (Fsp3) is 0.280. The number of nitrogens with zero attached hydrogens (tertiary/aromatic N) is 3. The van der Waals surface area contributed by atoms with Crippen molar-refractivity contribution in [3.63, 3.8) is 0 Å². The SMILES string of the molecule is CCN1C(=O)C(C)(C)c2cc3[nH]c(-c4n[nH]cc4NC(=O)CCc4ccccc4)nc3cc21. The van der Waals surface area contributed by atoms with Crippen LogP contribution in [0.1, 0.15) is 38.3 Å². The number of nitrogens with one attached hydrogen (secondary N) is 3. The van der Waals surface area contributed by atoms with Gasteiger partial charge in [0.25, 0.3) is 0 Å². The molecule has 0 saturated heterocycles. The fourth-order valence-corrected chi connectivity index (χ4v) is 4.44. The van der Waals surface area contributed by atoms with Gasteiger partial charge in [0.2, 0.25) is 11.8 Å². The number of aryl methyl sites for hydroxylation is 1. The molecule has 0 radical (unpaired) electrons. The van der Waals surface area contributed by atoms with E-state index in [-0.39, 0.29) is 11.8 Å². The minimum Gasteiger partial charge on any atom is -0.337 e. The van der Waals surface area contributed by atoms with E-state index >= 15 is 0 Å². The van der Waals surface area contributed by atoms with E-state index in [1.165, 1.54) is 0 Å². The maximum absolute atomic E-state index is 12.8. The van der Waals surface area contributed by atoms with Gasteiger partial charge in [-0.25, -0.2) is 4.98 Å². The van der Waals surface area contributed by atoms with E-state index in [2.05, 4.69) is 20.5 Å². The zero-order valence-electron chi connectivity index (χ0n) is 18.9. The van der Waals surface area contributed by atoms with Gasteiger partial charge >= 0.3 is 0 Å². The molecular formula is C25H26N6O2. The van der Waals surface area contributed by atoms with Crippen molar-refractivity contribution in [1.29, 1.82) is 0 Å². The Morgan fingerprint density at radius 3 is 2.73 bits per heavy atom. The number of imidazole rings is 1. The lowest BCUT2D eigenvalue weighted by Crippen LogP contribution is -2.35. The number of hydrogen-bond acceptors (Lipinski definition) is 4. The number of benzene rings is 2. The molecule has 2 aromatic carbocycles. The van der Waals surface area contributed by atoms with Gasteiger partial charge in [-0.15, -0.1) is 0 Å². The highest BCUT2D eigenvalue weighted by Gasteiger charge is 2.43. The van der Waals surface area contributed by atoms with Gasteiger partial charge < -0.3 is 15.2 Å². The summed E-state index contributed by atoms with van der Waals surface area (Å²) in [5, 5.41) is 10.1. The van der Waals surface area contributed by atoms with Crippen molar-refractivity contribution in [2.75, 3.05) is 16.8 Å². The van der Waals surface area contributed by atoms with Crippen LogP contribution in [-0.2, 0) is 21.4 Å². The van der Waals surface area contributed by atoms with Crippen LogP contribution in [0.4, 0.5) is 11.4 Å². The molecule has 5 rings (SSSR count). The first kappa shape index (κ1) is 20.9. The standard InChI is InChI=1S/C25H26N6O2/c1-4-31-20-13-18-17(12-16(20)25(2,3)24(31)33)28-23(29-18)22-19(14-26-30-22)27-21(32)11-10-15-8-6-5-7-9-15/h5-9,12-14H,4,10-11H2,1-3H3,(H,26,30)(H,27,32)(H,28,29). The lowest BCUT2D eigenvalue weighted by molar-refractivity contribution is -0.122. The maximum atomic E-state index is 12.8. The molecular weight excluding hydrogens is 416 g/mol. The minimum absolute atomic E-state index is 0.0876. The number of carbonyl (C=O) groups excluding carboxylic acids is 2. The van der Waals surface area contributed by atoms with Crippen LogP contribution < -0.4 is 10.2 Å². The van der Waals surface area contributed by atoms with E-state index < -0.39 is 5.41 Å². The molecule has 8 nitrogen and oxygen atoms in total. The van der Waals surface area contributed by atoms with Crippen LogP contribution >= 0.6 is 0 Å². The number of H-pyrrole nitrogens is 2. The van der Waals surface area contributed by atoms with Crippen molar-refractivity contribution < 1.29 is 9.59 Å². The molecule has 33 heavy (non-hydrogen) atoms. The smallest absolute Gasteiger partial charge is 0.237 e. The Hall–Kier alpha value is -3.94. The highest BCUT2D eigenvalue weighted by Crippen LogP contribution is 2.43. The first-order valence-electron chi connectivity index (χ1n) is 11.1. The average Bonchev–Trinajstić information content (AvgIpc) is 3.48. The molecule has 0 atom stereocenters. The van der Waals surface area contributed by atoms with Crippen LogP contribution in [0.3, 0.4) is 0 Å². The summed E-state index contributed by atoms with van der Waals surface area (Å²) in [5.41, 5.74) is 5.10. The lowest BCUT2D eigenvalue weighted by Gasteiger charge is -2.18. The van der Waals surface area contributed by atoms with E-state index in [0.717, 1.165) is 27.8 Å². The van der Waals surface area contributed by atoms with Crippen LogP contribution in [0, 0.1) is 0 Å². The van der Waals surface area contributed by atoms with Gasteiger partial charge in [-0.3, -0.25) is 14.7 Å². The molecule has 8 heteroatoms. The molecule has 168 valence electrons. The maximum Gasteiger partial charge on any atom is 0.237 e. The second-order valence-corrected chi connectivity index (χ2v) is 8.83. The number of carbonyl (C=O) groups is 2. The predicted molar refractivity (Wildman–Crippen MR) is 128 cm³/mol. The molecule has 2 amide bonds. The van der Waals surface area contributed by atoms with Gasteiger partial charge in [-0.2, -0.15) is 5.10 Å². The highest BCUT2D eigenvalue weighted by molar-refractivity contribution is 6.09. The molecule has 0 spiro atoms. The molecule has 1 aliphatic heterocycles. The third kappa shape index (κ3) is 3.57. The van der Waals surface area contributed by atoms with Gasteiger partial charge in [0.05, 0.1) is 27.8 Å². The summed E-state index contributed by atoms with van der Waals surface area (Å²) >= 11 is 0. The monoisotopic (exact) mass is 442 g/mol. The Bertz CT molecular complexity index is 1350. The number of rotatable bonds is 6. The zero-order chi connectivity index (χ0) is 23.2. The zero-order valence-corrected chi connectivity index (χ0v) is 18.9. The van der Waals surface area contributed by atoms with Crippen LogP contribution in [0.2, 0.25) is 0 Å². The molecule has 3 heterocycles. The van der Waals surface area contributed by atoms with Crippen molar-refractivity contribution in [1.82, 2.24) is 20.2 Å². The number of amides is 2. The van der Waals surface area contributed by atoms with Crippen LogP contribution in [0.25, 0.3) is 22.6 Å². The Labute approximate surface area is 191 Å². The van der Waals surface area contributed by atoms with Crippen LogP contribution in [-0.4, -0.2) is 38.5 Å². The Morgan fingerprint density at radius 2 is 1.97 bits per heavy atom. The lowest BCUT2D eigenvalue weighted by atomic mass is 9.86. The average molecular weight is 443 g/mol. The van der Waals surface area contributed by atoms with E-state index in [9.17, 15) is 9.59 Å². The molecule has 2 aromatic heterocycles. The topological polar surface area (TPSA) is 107 Å². The molecule has 1 aliphatic rings. The molecule has 3 N–H and O–H groups in total. The molecule has 0 unspecified atom stereocenters. The molecule has 4 aromatic rings. The number of aromatic amines is 2. The van der Waals surface area contributed by atoms with Crippen LogP contribution in [0.15, 0.2) is 48.7 Å². The van der Waals surface area contributed by atoms with Crippen molar-refractivity contribution in [3.05, 3.63) is 59.8 Å². The second kappa shape index (κ2) is 7.88. The first-order valence-corrected chi connectivity index (χ1v) is 11.1. The Morgan fingerprint density at radius 1 is 1.18 bits per heavy atom. The third-order valence-corrected chi connectivity index (χ3v) is 6.28. The second-order valence-electron chi connectivity index (χ2n) is 8.83. The van der Waals surface area contributed by atoms with Gasteiger partial charge in [0, 0.05) is 19.2 Å². The summed E-state index contributed by atoms with van der Waals surface area (Å²) < 4.78 is 0. The van der Waals surface area contributed by atoms with Crippen LogP contribution in [0.5, 0.6) is 0 Å². The normalized spacial score (nSPS) is 14.6. The minimum atomic E-state index is -0.588. The van der Waals surface area contributed by atoms with Crippen molar-refractivity contribution >= 4 is 34.2 Å². The fourth-order valence-electron chi connectivity index (χ4n) is 4.44. The summed E-state index contributed by atoms with van der Waals surface area (Å²) in [6, 6.07) is 13.9. The Balaban J connectivity index is 1.40. The van der Waals surface area contributed by atoms with Gasteiger partial charge in [-0.05, 0) is 50.5 Å². The van der Waals surface area contributed by atoms with E-state index in [1.54, 1.807) is 11.1 Å². The number of anilines is 2. The largest absolute Gasteiger partial charge is 0.337 e. The first-order chi connectivity index (χ1) is 15.9. The quantitative estimate of drug-likeness (QED) is 0.417. The van der Waals surface area contributed by atoms with Crippen molar-refractivity contribution in [2.45, 2.75) is 39.0 Å². The summed E-state index contributed by atoms with van der Waals surface area (Å²) in [5.74, 6) is 0.566. The number of fused-ring (bicyclic) bond motifs is 2. The molecule has 0 aliphatic carbocycles. The van der Waals surface area contributed by atoms with Crippen molar-refractivity contribution in [3.8, 4) is 11.5 Å². The number of hydrogen-bond donors (Lipinski definition) is 3. The predicted octanol–water partition coefficient (Wildman–Crippen LogP) is 4.17. The molecule has 0 saturated carbocycles. The Kier molecular flexibility index (Phi) is 5.00. The highest BCUT2D eigenvalue weighted by atomic mass is 16.2. The van der Waals surface area contributed by atoms with Gasteiger partial charge in [0.1, 0.15) is 0 Å². The third-order valence-electron chi connectivity index (χ3n) is 6.28. The number of aromatic nitrogens is 4. The number of likely N-dealkylation sites (N-methyl/N-ethyl adjacent to an activating group) is 1. The van der Waals surface area contributed by atoms with Crippen molar-refractivity contribution in [2.24, 2.45) is 0 Å². The summed E-state index contributed by atoms with van der Waals surface area (Å²) in [4.78, 5) is 35.1. The summed E-state index contributed by atoms with van der Waals surface area (Å²) in [6.45, 7) is 6.48. The van der Waals surface area contributed by atoms with E-state index in [0.29, 0.717) is 36.6 Å². The summed E-state index contributed by atoms with van der Waals surface area (Å²) in [7, 11) is 0. The van der Waals surface area contributed by atoms with Gasteiger partial charge in [0.15, 0.2) is 11.5 Å². The van der Waals surface area contributed by atoms with Gasteiger partial charge in [-0.1, -0.05) is 30.3 Å². The summed E-state index contributed by atoms with van der Waals surface area (Å²) in [6.07, 6.45) is 2.69. The van der Waals surface area contributed by atoms with E-state index in [4.69, 9.17) is 4.98 Å². The molecule has 0 fully saturated rings.